The maximum Gasteiger partial charge on any atom is 0.289 e. The molecule has 0 saturated carbocycles. The fourth-order valence-electron chi connectivity index (χ4n) is 3.47. The molecule has 3 aromatic rings. The summed E-state index contributed by atoms with van der Waals surface area (Å²) < 4.78 is 51.2. The summed E-state index contributed by atoms with van der Waals surface area (Å²) in [5.74, 6) is 0.305. The topological polar surface area (TPSA) is 104 Å². The summed E-state index contributed by atoms with van der Waals surface area (Å²) in [6, 6.07) is 16.7. The molecule has 2 heterocycles. The highest BCUT2D eigenvalue weighted by Crippen LogP contribution is 2.22. The Labute approximate surface area is 190 Å². The van der Waals surface area contributed by atoms with Crippen LogP contribution < -0.4 is 4.74 Å². The summed E-state index contributed by atoms with van der Waals surface area (Å²) in [6.45, 7) is 0.664. The molecule has 10 heteroatoms. The Balaban J connectivity index is 1.36. The molecule has 4 rings (SSSR count). The van der Waals surface area contributed by atoms with Gasteiger partial charge in [0, 0.05) is 26.2 Å². The van der Waals surface area contributed by atoms with Gasteiger partial charge in [0.1, 0.15) is 30.0 Å². The van der Waals surface area contributed by atoms with E-state index in [0.29, 0.717) is 11.5 Å². The van der Waals surface area contributed by atoms with Crippen molar-refractivity contribution in [3.63, 3.8) is 0 Å². The third kappa shape index (κ3) is 4.89. The number of furan rings is 1. The average molecular weight is 469 g/mol. The summed E-state index contributed by atoms with van der Waals surface area (Å²) >= 11 is 0. The molecule has 1 amide bonds. The minimum absolute atomic E-state index is 0.0379. The van der Waals surface area contributed by atoms with Gasteiger partial charge in [-0.15, -0.1) is 0 Å². The molecular weight excluding hydrogens is 449 g/mol. The Morgan fingerprint density at radius 1 is 1.03 bits per heavy atom. The summed E-state index contributed by atoms with van der Waals surface area (Å²) in [4.78, 5) is 14.3. The molecule has 1 aromatic heterocycles. The Morgan fingerprint density at radius 2 is 1.73 bits per heavy atom. The van der Waals surface area contributed by atoms with Gasteiger partial charge in [-0.3, -0.25) is 4.79 Å². The molecular formula is C23H20FN3O5S. The van der Waals surface area contributed by atoms with E-state index < -0.39 is 10.0 Å². The quantitative estimate of drug-likeness (QED) is 0.550. The molecule has 0 spiro atoms. The van der Waals surface area contributed by atoms with Crippen molar-refractivity contribution in [2.45, 2.75) is 11.5 Å². The second kappa shape index (κ2) is 9.44. The third-order valence-corrected chi connectivity index (χ3v) is 7.18. The molecule has 1 fully saturated rings. The lowest BCUT2D eigenvalue weighted by atomic mass is 10.2. The number of hydrogen-bond acceptors (Lipinski definition) is 6. The zero-order valence-corrected chi connectivity index (χ0v) is 18.3. The van der Waals surface area contributed by atoms with E-state index in [0.717, 1.165) is 0 Å². The number of ether oxygens (including phenoxy) is 1. The molecule has 33 heavy (non-hydrogen) atoms. The van der Waals surface area contributed by atoms with Crippen molar-refractivity contribution in [1.29, 1.82) is 5.26 Å². The molecule has 0 radical (unpaired) electrons. The van der Waals surface area contributed by atoms with E-state index >= 15 is 0 Å². The van der Waals surface area contributed by atoms with Gasteiger partial charge in [0.2, 0.25) is 10.0 Å². The lowest BCUT2D eigenvalue weighted by molar-refractivity contribution is 0.0662. The number of amides is 1. The fraction of sp³-hybridized carbons (Fsp3) is 0.217. The van der Waals surface area contributed by atoms with Crippen LogP contribution in [0.1, 0.15) is 21.9 Å². The van der Waals surface area contributed by atoms with Crippen LogP contribution in [0, 0.1) is 17.1 Å². The molecule has 2 aromatic carbocycles. The van der Waals surface area contributed by atoms with Gasteiger partial charge in [0.25, 0.3) is 5.91 Å². The van der Waals surface area contributed by atoms with Gasteiger partial charge >= 0.3 is 0 Å². The first-order chi connectivity index (χ1) is 15.9. The van der Waals surface area contributed by atoms with Crippen LogP contribution in [0.15, 0.2) is 70.0 Å². The molecule has 0 unspecified atom stereocenters. The van der Waals surface area contributed by atoms with Crippen LogP contribution in [0.5, 0.6) is 5.75 Å². The van der Waals surface area contributed by atoms with E-state index in [2.05, 4.69) is 0 Å². The normalized spacial score (nSPS) is 14.6. The van der Waals surface area contributed by atoms with Crippen LogP contribution in [0.2, 0.25) is 0 Å². The molecule has 0 aliphatic carbocycles. The van der Waals surface area contributed by atoms with Crippen molar-refractivity contribution >= 4 is 15.9 Å². The Kier molecular flexibility index (Phi) is 6.44. The zero-order chi connectivity index (χ0) is 23.4. The van der Waals surface area contributed by atoms with E-state index in [1.54, 1.807) is 18.2 Å². The number of nitrogens with zero attached hydrogens (tertiary/aromatic N) is 3. The minimum Gasteiger partial charge on any atom is -0.486 e. The SMILES string of the molecule is N#Cc1ccccc1S(=O)(=O)N1CCN(C(=O)c2ccc(COc3ccc(F)cc3)o2)CC1. The van der Waals surface area contributed by atoms with Crippen molar-refractivity contribution < 1.29 is 26.8 Å². The van der Waals surface area contributed by atoms with Crippen LogP contribution in [0.4, 0.5) is 4.39 Å². The van der Waals surface area contributed by atoms with Crippen LogP contribution >= 0.6 is 0 Å². The predicted molar refractivity (Wildman–Crippen MR) is 115 cm³/mol. The molecule has 0 bridgehead atoms. The summed E-state index contributed by atoms with van der Waals surface area (Å²) in [6.07, 6.45) is 0. The molecule has 8 nitrogen and oxygen atoms in total. The third-order valence-electron chi connectivity index (χ3n) is 5.22. The second-order valence-corrected chi connectivity index (χ2v) is 9.22. The van der Waals surface area contributed by atoms with E-state index in [9.17, 15) is 22.9 Å². The van der Waals surface area contributed by atoms with Gasteiger partial charge in [-0.1, -0.05) is 12.1 Å². The van der Waals surface area contributed by atoms with E-state index in [-0.39, 0.29) is 60.7 Å². The molecule has 0 atom stereocenters. The average Bonchev–Trinajstić information content (AvgIpc) is 3.32. The predicted octanol–water partition coefficient (Wildman–Crippen LogP) is 3.02. The second-order valence-electron chi connectivity index (χ2n) is 7.31. The van der Waals surface area contributed by atoms with Crippen LogP contribution in [0.25, 0.3) is 0 Å². The lowest BCUT2D eigenvalue weighted by Gasteiger charge is -2.33. The van der Waals surface area contributed by atoms with Crippen LogP contribution in [0.3, 0.4) is 0 Å². The fourth-order valence-corrected chi connectivity index (χ4v) is 5.03. The highest BCUT2D eigenvalue weighted by molar-refractivity contribution is 7.89. The van der Waals surface area contributed by atoms with Gasteiger partial charge in [-0.05, 0) is 48.5 Å². The molecule has 170 valence electrons. The number of nitriles is 1. The summed E-state index contributed by atoms with van der Waals surface area (Å²) in [5, 5.41) is 9.22. The maximum absolute atomic E-state index is 13.0. The van der Waals surface area contributed by atoms with Crippen molar-refractivity contribution in [1.82, 2.24) is 9.21 Å². The highest BCUT2D eigenvalue weighted by atomic mass is 32.2. The molecule has 1 saturated heterocycles. The van der Waals surface area contributed by atoms with Gasteiger partial charge in [0.05, 0.1) is 10.5 Å². The van der Waals surface area contributed by atoms with Gasteiger partial charge in [-0.25, -0.2) is 12.8 Å². The molecule has 1 aliphatic rings. The van der Waals surface area contributed by atoms with E-state index in [1.807, 2.05) is 6.07 Å². The molecule has 0 N–H and O–H groups in total. The van der Waals surface area contributed by atoms with Gasteiger partial charge in [-0.2, -0.15) is 9.57 Å². The highest BCUT2D eigenvalue weighted by Gasteiger charge is 2.32. The summed E-state index contributed by atoms with van der Waals surface area (Å²) in [7, 11) is -3.84. The zero-order valence-electron chi connectivity index (χ0n) is 17.5. The van der Waals surface area contributed by atoms with Gasteiger partial charge in [0.15, 0.2) is 5.76 Å². The van der Waals surface area contributed by atoms with Gasteiger partial charge < -0.3 is 14.1 Å². The lowest BCUT2D eigenvalue weighted by Crippen LogP contribution is -2.50. The maximum atomic E-state index is 13.0. The van der Waals surface area contributed by atoms with Crippen molar-refractivity contribution in [2.75, 3.05) is 26.2 Å². The smallest absolute Gasteiger partial charge is 0.289 e. The van der Waals surface area contributed by atoms with E-state index in [4.69, 9.17) is 9.15 Å². The number of sulfonamides is 1. The Morgan fingerprint density at radius 3 is 2.42 bits per heavy atom. The largest absolute Gasteiger partial charge is 0.486 e. The molecule has 1 aliphatic heterocycles. The van der Waals surface area contributed by atoms with Crippen molar-refractivity contribution in [2.24, 2.45) is 0 Å². The Hall–Kier alpha value is -3.68. The van der Waals surface area contributed by atoms with E-state index in [1.165, 1.54) is 51.7 Å². The first-order valence-electron chi connectivity index (χ1n) is 10.1. The number of hydrogen-bond donors (Lipinski definition) is 0. The summed E-state index contributed by atoms with van der Waals surface area (Å²) in [5.41, 5.74) is 0.0852. The monoisotopic (exact) mass is 469 g/mol. The first-order valence-corrected chi connectivity index (χ1v) is 11.6. The number of carbonyl (C=O) groups excluding carboxylic acids is 1. The Bertz CT molecular complexity index is 1290. The number of benzene rings is 2. The van der Waals surface area contributed by atoms with Crippen molar-refractivity contribution in [3.05, 3.63) is 83.6 Å². The number of piperazine rings is 1. The number of rotatable bonds is 6. The minimum atomic E-state index is -3.84. The standard InChI is InChI=1S/C23H20FN3O5S/c24-18-5-7-19(8-6-18)31-16-20-9-10-21(32-20)23(28)26-11-13-27(14-12-26)33(29,30)22-4-2-1-3-17(22)15-25/h1-10H,11-14,16H2. The number of carbonyl (C=O) groups is 1. The van der Waals surface area contributed by atoms with Crippen molar-refractivity contribution in [3.8, 4) is 11.8 Å². The van der Waals surface area contributed by atoms with Crippen LogP contribution in [-0.4, -0.2) is 49.7 Å². The van der Waals surface area contributed by atoms with Crippen LogP contribution in [-0.2, 0) is 16.6 Å². The first kappa shape index (κ1) is 22.5. The number of halogens is 1.